The van der Waals surface area contributed by atoms with Crippen LogP contribution in [0.4, 0.5) is 17.7 Å². The summed E-state index contributed by atoms with van der Waals surface area (Å²) in [5.74, 6) is 2.08. The highest BCUT2D eigenvalue weighted by molar-refractivity contribution is 5.41. The largest absolute Gasteiger partial charge is 0.363 e. The predicted octanol–water partition coefficient (Wildman–Crippen LogP) is 0.995. The second-order valence-corrected chi connectivity index (χ2v) is 5.84. The average molecular weight is 349 g/mol. The number of hydrogen-bond donors (Lipinski definition) is 1. The lowest BCUT2D eigenvalue weighted by molar-refractivity contribution is 0.623. The summed E-state index contributed by atoms with van der Waals surface area (Å²) < 4.78 is 0. The van der Waals surface area contributed by atoms with Gasteiger partial charge in [0.15, 0.2) is 5.82 Å². The lowest BCUT2D eigenvalue weighted by Gasteiger charge is -2.34. The molecule has 4 rings (SSSR count). The van der Waals surface area contributed by atoms with Crippen molar-refractivity contribution in [2.75, 3.05) is 41.3 Å². The second-order valence-electron chi connectivity index (χ2n) is 5.84. The number of piperazine rings is 1. The van der Waals surface area contributed by atoms with Gasteiger partial charge >= 0.3 is 0 Å². The zero-order valence-electron chi connectivity index (χ0n) is 14.2. The average Bonchev–Trinajstić information content (AvgIpc) is 2.74. The molecule has 0 radical (unpaired) electrons. The summed E-state index contributed by atoms with van der Waals surface area (Å²) in [6, 6.07) is 7.65. The number of nitrogens with one attached hydrogen (secondary N) is 1. The molecule has 26 heavy (non-hydrogen) atoms. The fourth-order valence-corrected chi connectivity index (χ4v) is 2.76. The maximum absolute atomic E-state index is 4.57. The number of anilines is 3. The number of hydrogen-bond acceptors (Lipinski definition) is 9. The summed E-state index contributed by atoms with van der Waals surface area (Å²) in [5.41, 5.74) is 0.948. The fraction of sp³-hybridized carbons (Fsp3) is 0.294. The molecule has 0 atom stereocenters. The number of aromatic nitrogens is 6. The fourth-order valence-electron chi connectivity index (χ4n) is 2.76. The molecular formula is C17H19N9. The van der Waals surface area contributed by atoms with Gasteiger partial charge in [-0.15, -0.1) is 5.10 Å². The van der Waals surface area contributed by atoms with Crippen molar-refractivity contribution in [1.29, 1.82) is 0 Å². The quantitative estimate of drug-likeness (QED) is 0.723. The summed E-state index contributed by atoms with van der Waals surface area (Å²) in [6.45, 7) is 3.82. The Morgan fingerprint density at radius 1 is 0.846 bits per heavy atom. The molecule has 9 nitrogen and oxygen atoms in total. The van der Waals surface area contributed by atoms with Crippen LogP contribution in [-0.2, 0) is 6.54 Å². The summed E-state index contributed by atoms with van der Waals surface area (Å²) in [5, 5.41) is 11.5. The van der Waals surface area contributed by atoms with Crippen LogP contribution in [0.3, 0.4) is 0 Å². The van der Waals surface area contributed by atoms with E-state index in [1.54, 1.807) is 24.8 Å². The molecule has 4 heterocycles. The Bertz CT molecular complexity index is 820. The highest BCUT2D eigenvalue weighted by Crippen LogP contribution is 2.15. The first-order chi connectivity index (χ1) is 12.9. The highest BCUT2D eigenvalue weighted by atomic mass is 15.4. The molecule has 1 aliphatic heterocycles. The van der Waals surface area contributed by atoms with Crippen LogP contribution in [0.1, 0.15) is 5.69 Å². The van der Waals surface area contributed by atoms with Crippen LogP contribution < -0.4 is 15.1 Å². The molecule has 1 saturated heterocycles. The third-order valence-corrected chi connectivity index (χ3v) is 4.12. The van der Waals surface area contributed by atoms with Crippen molar-refractivity contribution in [3.8, 4) is 0 Å². The molecule has 3 aromatic heterocycles. The SMILES string of the molecule is c1ccc(CNc2cnnc(N3CCN(c4ncccn4)CC3)n2)nc1. The van der Waals surface area contributed by atoms with E-state index in [9.17, 15) is 0 Å². The van der Waals surface area contributed by atoms with E-state index in [1.165, 1.54) is 0 Å². The molecule has 0 aliphatic carbocycles. The second kappa shape index (κ2) is 7.68. The lowest BCUT2D eigenvalue weighted by atomic mass is 10.3. The maximum Gasteiger partial charge on any atom is 0.247 e. The van der Waals surface area contributed by atoms with Crippen molar-refractivity contribution in [1.82, 2.24) is 30.1 Å². The van der Waals surface area contributed by atoms with Crippen LogP contribution >= 0.6 is 0 Å². The van der Waals surface area contributed by atoms with Gasteiger partial charge in [-0.2, -0.15) is 10.1 Å². The van der Waals surface area contributed by atoms with Crippen LogP contribution in [-0.4, -0.2) is 56.3 Å². The molecule has 0 spiro atoms. The molecule has 3 aromatic rings. The van der Waals surface area contributed by atoms with E-state index < -0.39 is 0 Å². The first kappa shape index (κ1) is 16.1. The van der Waals surface area contributed by atoms with Crippen LogP contribution in [0.15, 0.2) is 49.1 Å². The standard InChI is InChI=1S/C17H19N9/c1-2-5-18-14(4-1)12-21-15-13-22-24-17(23-15)26-10-8-25(9-11-26)16-19-6-3-7-20-16/h1-7,13H,8-12H2,(H,21,23,24). The Morgan fingerprint density at radius 2 is 1.58 bits per heavy atom. The van der Waals surface area contributed by atoms with E-state index in [2.05, 4.69) is 45.2 Å². The number of pyridine rings is 1. The third kappa shape index (κ3) is 3.82. The predicted molar refractivity (Wildman–Crippen MR) is 97.8 cm³/mol. The monoisotopic (exact) mass is 349 g/mol. The zero-order valence-corrected chi connectivity index (χ0v) is 14.2. The van der Waals surface area contributed by atoms with Gasteiger partial charge in [0.25, 0.3) is 0 Å². The van der Waals surface area contributed by atoms with Gasteiger partial charge in [0.1, 0.15) is 0 Å². The summed E-state index contributed by atoms with van der Waals surface area (Å²) in [7, 11) is 0. The molecular weight excluding hydrogens is 330 g/mol. The van der Waals surface area contributed by atoms with E-state index in [0.717, 1.165) is 37.8 Å². The highest BCUT2D eigenvalue weighted by Gasteiger charge is 2.21. The molecule has 1 N–H and O–H groups in total. The van der Waals surface area contributed by atoms with Crippen molar-refractivity contribution >= 4 is 17.7 Å². The van der Waals surface area contributed by atoms with Gasteiger partial charge in [0.05, 0.1) is 18.4 Å². The topological polar surface area (TPSA) is 95.9 Å². The van der Waals surface area contributed by atoms with Gasteiger partial charge in [-0.3, -0.25) is 4.98 Å². The number of nitrogens with zero attached hydrogens (tertiary/aromatic N) is 8. The van der Waals surface area contributed by atoms with Gasteiger partial charge in [-0.05, 0) is 18.2 Å². The van der Waals surface area contributed by atoms with Gasteiger partial charge in [-0.25, -0.2) is 9.97 Å². The number of rotatable bonds is 5. The van der Waals surface area contributed by atoms with Crippen LogP contribution in [0.25, 0.3) is 0 Å². The summed E-state index contributed by atoms with van der Waals surface area (Å²) in [6.07, 6.45) is 6.92. The Hall–Kier alpha value is -3.36. The van der Waals surface area contributed by atoms with Crippen LogP contribution in [0.5, 0.6) is 0 Å². The first-order valence-electron chi connectivity index (χ1n) is 8.49. The van der Waals surface area contributed by atoms with Crippen molar-refractivity contribution in [2.45, 2.75) is 6.54 Å². The minimum atomic E-state index is 0.595. The van der Waals surface area contributed by atoms with Gasteiger partial charge in [-0.1, -0.05) is 6.07 Å². The molecule has 0 unspecified atom stereocenters. The van der Waals surface area contributed by atoms with Crippen LogP contribution in [0.2, 0.25) is 0 Å². The minimum absolute atomic E-state index is 0.595. The molecule has 0 aromatic carbocycles. The van der Waals surface area contributed by atoms with E-state index in [1.807, 2.05) is 24.3 Å². The Kier molecular flexibility index (Phi) is 4.77. The van der Waals surface area contributed by atoms with E-state index >= 15 is 0 Å². The molecule has 132 valence electrons. The minimum Gasteiger partial charge on any atom is -0.363 e. The maximum atomic E-state index is 4.57. The van der Waals surface area contributed by atoms with Crippen molar-refractivity contribution < 1.29 is 0 Å². The van der Waals surface area contributed by atoms with E-state index in [-0.39, 0.29) is 0 Å². The van der Waals surface area contributed by atoms with E-state index in [0.29, 0.717) is 18.3 Å². The summed E-state index contributed by atoms with van der Waals surface area (Å²) >= 11 is 0. The lowest BCUT2D eigenvalue weighted by Crippen LogP contribution is -2.47. The van der Waals surface area contributed by atoms with E-state index in [4.69, 9.17) is 0 Å². The molecule has 1 fully saturated rings. The first-order valence-corrected chi connectivity index (χ1v) is 8.49. The molecule has 1 aliphatic rings. The van der Waals surface area contributed by atoms with Crippen molar-refractivity contribution in [2.24, 2.45) is 0 Å². The Morgan fingerprint density at radius 3 is 2.31 bits per heavy atom. The van der Waals surface area contributed by atoms with Gasteiger partial charge < -0.3 is 15.1 Å². The van der Waals surface area contributed by atoms with Gasteiger partial charge in [0.2, 0.25) is 11.9 Å². The Balaban J connectivity index is 1.36. The smallest absolute Gasteiger partial charge is 0.247 e. The third-order valence-electron chi connectivity index (χ3n) is 4.12. The summed E-state index contributed by atoms with van der Waals surface area (Å²) in [4.78, 5) is 21.8. The Labute approximate surface area is 151 Å². The zero-order chi connectivity index (χ0) is 17.6. The van der Waals surface area contributed by atoms with Crippen LogP contribution in [0, 0.1) is 0 Å². The van der Waals surface area contributed by atoms with Crippen molar-refractivity contribution in [3.63, 3.8) is 0 Å². The normalized spacial score (nSPS) is 14.3. The van der Waals surface area contributed by atoms with Gasteiger partial charge in [0, 0.05) is 44.8 Å². The molecule has 0 bridgehead atoms. The molecule has 0 amide bonds. The molecule has 9 heteroatoms. The molecule has 0 saturated carbocycles. The van der Waals surface area contributed by atoms with Crippen molar-refractivity contribution in [3.05, 3.63) is 54.7 Å².